The maximum atomic E-state index is 15.0. The Morgan fingerprint density at radius 1 is 1.23 bits per heavy atom. The van der Waals surface area contributed by atoms with Crippen molar-refractivity contribution in [3.05, 3.63) is 72.1 Å². The highest BCUT2D eigenvalue weighted by Gasteiger charge is 2.44. The van der Waals surface area contributed by atoms with Crippen molar-refractivity contribution in [3.63, 3.8) is 0 Å². The van der Waals surface area contributed by atoms with E-state index in [2.05, 4.69) is 20.1 Å². The van der Waals surface area contributed by atoms with Gasteiger partial charge in [-0.15, -0.1) is 0 Å². The van der Waals surface area contributed by atoms with Gasteiger partial charge in [0, 0.05) is 30.6 Å². The molecule has 0 saturated carbocycles. The number of carboxylic acids is 1. The lowest BCUT2D eigenvalue weighted by atomic mass is 9.79. The molecule has 0 aliphatic rings. The van der Waals surface area contributed by atoms with Crippen molar-refractivity contribution in [2.24, 2.45) is 0 Å². The molecule has 0 amide bonds. The van der Waals surface area contributed by atoms with Crippen LogP contribution >= 0.6 is 0 Å². The molecule has 0 saturated heterocycles. The van der Waals surface area contributed by atoms with Crippen LogP contribution in [0.5, 0.6) is 0 Å². The summed E-state index contributed by atoms with van der Waals surface area (Å²) in [5, 5.41) is 13.0. The lowest BCUT2D eigenvalue weighted by Gasteiger charge is -2.39. The standard InChI is InChI=1S/C20H20F3N5O3/c1-13(19-17(23)8-24-10-26-19)20(9-28-12-25-11-27-28,31-6-2-3-18(29)30)15-5-4-14(21)7-16(15)22/h4-5,7-8,10-13H,2-3,6,9H2,1H3,(H,29,30)/t13-,20+/m0/s1. The number of carbonyl (C=O) groups is 1. The highest BCUT2D eigenvalue weighted by molar-refractivity contribution is 5.66. The lowest BCUT2D eigenvalue weighted by molar-refractivity contribution is -0.138. The third kappa shape index (κ3) is 5.05. The summed E-state index contributed by atoms with van der Waals surface area (Å²) in [4.78, 5) is 22.4. The number of carboxylic acid groups (broad SMARTS) is 1. The maximum absolute atomic E-state index is 15.0. The Morgan fingerprint density at radius 3 is 2.68 bits per heavy atom. The zero-order chi connectivity index (χ0) is 22.4. The van der Waals surface area contributed by atoms with E-state index in [1.54, 1.807) is 6.92 Å². The predicted octanol–water partition coefficient (Wildman–Crippen LogP) is 3.07. The number of benzene rings is 1. The maximum Gasteiger partial charge on any atom is 0.303 e. The SMILES string of the molecule is C[C@@H](c1ncncc1F)[C@@](Cn1cncn1)(OCCCC(=O)O)c1ccc(F)cc1F. The molecular formula is C20H20F3N5O3. The van der Waals surface area contributed by atoms with Crippen LogP contribution in [0.4, 0.5) is 13.2 Å². The van der Waals surface area contributed by atoms with Crippen molar-refractivity contribution in [3.8, 4) is 0 Å². The highest BCUT2D eigenvalue weighted by atomic mass is 19.1. The molecule has 0 fully saturated rings. The fraction of sp³-hybridized carbons (Fsp3) is 0.350. The molecule has 1 N–H and O–H groups in total. The third-order valence-electron chi connectivity index (χ3n) is 4.95. The van der Waals surface area contributed by atoms with E-state index >= 15 is 4.39 Å². The molecule has 0 aliphatic heterocycles. The molecule has 31 heavy (non-hydrogen) atoms. The Balaban J connectivity index is 2.13. The molecule has 3 aromatic rings. The largest absolute Gasteiger partial charge is 0.481 e. The van der Waals surface area contributed by atoms with E-state index in [1.165, 1.54) is 23.4 Å². The Bertz CT molecular complexity index is 1030. The number of hydrogen-bond acceptors (Lipinski definition) is 6. The van der Waals surface area contributed by atoms with Crippen molar-refractivity contribution in [1.82, 2.24) is 24.7 Å². The molecule has 0 radical (unpaired) electrons. The number of aliphatic carboxylic acids is 1. The van der Waals surface area contributed by atoms with Crippen LogP contribution in [0, 0.1) is 17.5 Å². The molecule has 2 heterocycles. The van der Waals surface area contributed by atoms with E-state index in [4.69, 9.17) is 9.84 Å². The summed E-state index contributed by atoms with van der Waals surface area (Å²) in [6.45, 7) is 1.38. The van der Waals surface area contributed by atoms with Gasteiger partial charge in [-0.05, 0) is 12.5 Å². The molecule has 0 unspecified atom stereocenters. The van der Waals surface area contributed by atoms with Crippen LogP contribution in [0.1, 0.15) is 36.9 Å². The Kier molecular flexibility index (Phi) is 6.95. The summed E-state index contributed by atoms with van der Waals surface area (Å²) in [6, 6.07) is 2.99. The molecule has 0 bridgehead atoms. The quantitative estimate of drug-likeness (QED) is 0.488. The number of halogens is 3. The second-order valence-corrected chi connectivity index (χ2v) is 6.93. The summed E-state index contributed by atoms with van der Waals surface area (Å²) < 4.78 is 50.7. The van der Waals surface area contributed by atoms with Crippen LogP contribution < -0.4 is 0 Å². The van der Waals surface area contributed by atoms with E-state index in [0.29, 0.717) is 6.07 Å². The normalized spacial score (nSPS) is 14.2. The van der Waals surface area contributed by atoms with Gasteiger partial charge < -0.3 is 9.84 Å². The van der Waals surface area contributed by atoms with Gasteiger partial charge in [-0.2, -0.15) is 5.10 Å². The summed E-state index contributed by atoms with van der Waals surface area (Å²) >= 11 is 0. The first-order chi connectivity index (χ1) is 14.8. The zero-order valence-electron chi connectivity index (χ0n) is 16.6. The molecule has 3 rings (SSSR count). The first kappa shape index (κ1) is 22.3. The van der Waals surface area contributed by atoms with Gasteiger partial charge in [-0.25, -0.2) is 32.8 Å². The van der Waals surface area contributed by atoms with Crippen LogP contribution in [0.3, 0.4) is 0 Å². The summed E-state index contributed by atoms with van der Waals surface area (Å²) in [5.74, 6) is -4.34. The molecule has 1 aromatic carbocycles. The molecule has 164 valence electrons. The van der Waals surface area contributed by atoms with Gasteiger partial charge in [-0.1, -0.05) is 13.0 Å². The van der Waals surface area contributed by atoms with Crippen molar-refractivity contribution in [1.29, 1.82) is 0 Å². The monoisotopic (exact) mass is 435 g/mol. The van der Waals surface area contributed by atoms with Gasteiger partial charge in [-0.3, -0.25) is 4.79 Å². The van der Waals surface area contributed by atoms with E-state index in [0.717, 1.165) is 18.6 Å². The number of ether oxygens (including phenoxy) is 1. The average Bonchev–Trinajstić information content (AvgIpc) is 3.23. The van der Waals surface area contributed by atoms with Gasteiger partial charge in [0.1, 0.15) is 36.2 Å². The van der Waals surface area contributed by atoms with Crippen molar-refractivity contribution >= 4 is 5.97 Å². The molecule has 0 aliphatic carbocycles. The molecule has 0 spiro atoms. The third-order valence-corrected chi connectivity index (χ3v) is 4.95. The summed E-state index contributed by atoms with van der Waals surface area (Å²) in [7, 11) is 0. The zero-order valence-corrected chi connectivity index (χ0v) is 16.6. The minimum Gasteiger partial charge on any atom is -0.481 e. The van der Waals surface area contributed by atoms with Crippen LogP contribution in [0.2, 0.25) is 0 Å². The molecule has 2 atom stereocenters. The summed E-state index contributed by atoms with van der Waals surface area (Å²) in [6.07, 6.45) is 4.72. The van der Waals surface area contributed by atoms with E-state index in [9.17, 15) is 13.6 Å². The fourth-order valence-corrected chi connectivity index (χ4v) is 3.43. The highest BCUT2D eigenvalue weighted by Crippen LogP contribution is 2.43. The number of hydrogen-bond donors (Lipinski definition) is 1. The van der Waals surface area contributed by atoms with Gasteiger partial charge in [0.15, 0.2) is 5.82 Å². The Hall–Kier alpha value is -3.34. The van der Waals surface area contributed by atoms with Crippen LogP contribution in [-0.4, -0.2) is 42.4 Å². The van der Waals surface area contributed by atoms with Gasteiger partial charge in [0.05, 0.1) is 18.4 Å². The van der Waals surface area contributed by atoms with Gasteiger partial charge in [0.2, 0.25) is 0 Å². The number of nitrogens with zero attached hydrogens (tertiary/aromatic N) is 5. The van der Waals surface area contributed by atoms with Crippen LogP contribution in [0.15, 0.2) is 43.4 Å². The molecular weight excluding hydrogens is 415 g/mol. The fourth-order valence-electron chi connectivity index (χ4n) is 3.43. The van der Waals surface area contributed by atoms with E-state index < -0.39 is 34.9 Å². The minimum atomic E-state index is -1.61. The van der Waals surface area contributed by atoms with Gasteiger partial charge in [0.25, 0.3) is 0 Å². The second-order valence-electron chi connectivity index (χ2n) is 6.93. The van der Waals surface area contributed by atoms with E-state index in [-0.39, 0.29) is 37.3 Å². The van der Waals surface area contributed by atoms with E-state index in [1.807, 2.05) is 0 Å². The second kappa shape index (κ2) is 9.65. The summed E-state index contributed by atoms with van der Waals surface area (Å²) in [5.41, 5.74) is -1.71. The van der Waals surface area contributed by atoms with Crippen LogP contribution in [0.25, 0.3) is 0 Å². The minimum absolute atomic E-state index is 0.0444. The number of rotatable bonds is 10. The first-order valence-corrected chi connectivity index (χ1v) is 9.42. The average molecular weight is 435 g/mol. The van der Waals surface area contributed by atoms with Crippen molar-refractivity contribution in [2.75, 3.05) is 6.61 Å². The number of aromatic nitrogens is 5. The smallest absolute Gasteiger partial charge is 0.303 e. The molecule has 8 nitrogen and oxygen atoms in total. The van der Waals surface area contributed by atoms with Crippen molar-refractivity contribution in [2.45, 2.75) is 37.8 Å². The van der Waals surface area contributed by atoms with Crippen molar-refractivity contribution < 1.29 is 27.8 Å². The van der Waals surface area contributed by atoms with Gasteiger partial charge >= 0.3 is 5.97 Å². The Morgan fingerprint density at radius 2 is 2.03 bits per heavy atom. The predicted molar refractivity (Wildman–Crippen MR) is 101 cm³/mol. The topological polar surface area (TPSA) is 103 Å². The first-order valence-electron chi connectivity index (χ1n) is 9.42. The molecule has 2 aromatic heterocycles. The van der Waals surface area contributed by atoms with Crippen LogP contribution in [-0.2, 0) is 21.7 Å². The Labute approximate surface area is 175 Å². The lowest BCUT2D eigenvalue weighted by Crippen LogP contribution is -2.42. The molecule has 11 heteroatoms.